The van der Waals surface area contributed by atoms with Crippen LogP contribution in [0.1, 0.15) is 36.8 Å². The molecular weight excluding hydrogens is 266 g/mol. The van der Waals surface area contributed by atoms with Crippen LogP contribution in [0.2, 0.25) is 0 Å². The van der Waals surface area contributed by atoms with Gasteiger partial charge in [0, 0.05) is 12.0 Å². The molecule has 0 radical (unpaired) electrons. The second-order valence-electron chi connectivity index (χ2n) is 6.26. The first-order valence-electron chi connectivity index (χ1n) is 7.72. The second kappa shape index (κ2) is 5.88. The zero-order chi connectivity index (χ0) is 14.8. The van der Waals surface area contributed by atoms with Gasteiger partial charge in [0.05, 0.1) is 6.42 Å². The Morgan fingerprint density at radius 1 is 1.19 bits per heavy atom. The maximum absolute atomic E-state index is 12.4. The molecule has 1 amide bonds. The Hall–Kier alpha value is -1.84. The van der Waals surface area contributed by atoms with Crippen molar-refractivity contribution in [2.45, 2.75) is 44.6 Å². The van der Waals surface area contributed by atoms with Crippen LogP contribution in [0.4, 0.5) is 0 Å². The van der Waals surface area contributed by atoms with Gasteiger partial charge in [0.2, 0.25) is 5.91 Å². The van der Waals surface area contributed by atoms with Gasteiger partial charge in [0.15, 0.2) is 0 Å². The molecule has 2 aliphatic rings. The summed E-state index contributed by atoms with van der Waals surface area (Å²) in [5.74, 6) is -0.459. The van der Waals surface area contributed by atoms with Gasteiger partial charge in [-0.15, -0.1) is 0 Å². The van der Waals surface area contributed by atoms with E-state index < -0.39 is 5.97 Å². The summed E-state index contributed by atoms with van der Waals surface area (Å²) >= 11 is 0. The summed E-state index contributed by atoms with van der Waals surface area (Å²) in [6.45, 7) is 0. The number of hydrogen-bond acceptors (Lipinski definition) is 2. The number of hydrogen-bond donors (Lipinski definition) is 2. The topological polar surface area (TPSA) is 66.4 Å². The van der Waals surface area contributed by atoms with Crippen LogP contribution in [-0.2, 0) is 22.4 Å². The van der Waals surface area contributed by atoms with Crippen LogP contribution in [-0.4, -0.2) is 23.0 Å². The summed E-state index contributed by atoms with van der Waals surface area (Å²) in [5, 5.41) is 12.0. The Labute approximate surface area is 124 Å². The molecule has 0 bridgehead atoms. The Bertz CT molecular complexity index is 551. The number of aliphatic carboxylic acids is 1. The van der Waals surface area contributed by atoms with E-state index in [1.54, 1.807) is 0 Å². The first kappa shape index (κ1) is 14.1. The monoisotopic (exact) mass is 287 g/mol. The van der Waals surface area contributed by atoms with E-state index in [0.717, 1.165) is 32.1 Å². The quantitative estimate of drug-likeness (QED) is 0.872. The van der Waals surface area contributed by atoms with Crippen molar-refractivity contribution >= 4 is 11.9 Å². The Balaban J connectivity index is 1.62. The minimum absolute atomic E-state index is 0.0186. The fourth-order valence-corrected chi connectivity index (χ4v) is 3.24. The van der Waals surface area contributed by atoms with Crippen LogP contribution < -0.4 is 5.32 Å². The van der Waals surface area contributed by atoms with Gasteiger partial charge in [0.1, 0.15) is 0 Å². The molecule has 4 heteroatoms. The van der Waals surface area contributed by atoms with E-state index in [1.165, 1.54) is 11.1 Å². The Morgan fingerprint density at radius 3 is 2.57 bits per heavy atom. The zero-order valence-electron chi connectivity index (χ0n) is 12.0. The minimum Gasteiger partial charge on any atom is -0.481 e. The molecule has 112 valence electrons. The zero-order valence-corrected chi connectivity index (χ0v) is 12.0. The number of nitrogens with one attached hydrogen (secondary N) is 1. The number of carboxylic acid groups (broad SMARTS) is 1. The lowest BCUT2D eigenvalue weighted by Crippen LogP contribution is -2.42. The highest BCUT2D eigenvalue weighted by atomic mass is 16.4. The fraction of sp³-hybridized carbons (Fsp3) is 0.529. The average molecular weight is 287 g/mol. The molecule has 0 spiro atoms. The third kappa shape index (κ3) is 3.43. The summed E-state index contributed by atoms with van der Waals surface area (Å²) in [4.78, 5) is 23.3. The maximum atomic E-state index is 12.4. The van der Waals surface area contributed by atoms with Crippen LogP contribution in [0, 0.1) is 11.8 Å². The maximum Gasteiger partial charge on any atom is 0.305 e. The van der Waals surface area contributed by atoms with E-state index >= 15 is 0 Å². The summed E-state index contributed by atoms with van der Waals surface area (Å²) < 4.78 is 0. The second-order valence-corrected chi connectivity index (χ2v) is 6.26. The number of fused-ring (bicyclic) bond motifs is 1. The van der Waals surface area contributed by atoms with E-state index in [0.29, 0.717) is 5.92 Å². The number of carbonyl (C=O) groups excluding carboxylic acids is 1. The highest BCUT2D eigenvalue weighted by molar-refractivity contribution is 5.80. The molecule has 3 rings (SSSR count). The lowest BCUT2D eigenvalue weighted by molar-refractivity contribution is -0.138. The molecular formula is C17H21NO3. The molecule has 1 saturated carbocycles. The molecule has 2 N–H and O–H groups in total. The van der Waals surface area contributed by atoms with Crippen molar-refractivity contribution in [3.63, 3.8) is 0 Å². The first-order valence-corrected chi connectivity index (χ1v) is 7.72. The standard InChI is InChI=1S/C17H21NO3/c19-16(20)10-15(12-6-7-12)18-17(21)14-8-5-11-3-1-2-4-13(11)9-14/h1-4,12,14-15H,5-10H2,(H,18,21)(H,19,20). The first-order chi connectivity index (χ1) is 10.1. The SMILES string of the molecule is O=C(O)CC(NC(=O)C1CCc2ccccc2C1)C1CC1. The number of aryl methyl sites for hydroxylation is 1. The normalized spacial score (nSPS) is 22.2. The molecule has 1 fully saturated rings. The summed E-state index contributed by atoms with van der Waals surface area (Å²) in [6, 6.07) is 8.07. The van der Waals surface area contributed by atoms with Crippen LogP contribution in [0.3, 0.4) is 0 Å². The molecule has 4 nitrogen and oxygen atoms in total. The van der Waals surface area contributed by atoms with Crippen LogP contribution in [0.5, 0.6) is 0 Å². The van der Waals surface area contributed by atoms with E-state index in [4.69, 9.17) is 5.11 Å². The van der Waals surface area contributed by atoms with Gasteiger partial charge in [-0.3, -0.25) is 9.59 Å². The van der Waals surface area contributed by atoms with Crippen molar-refractivity contribution < 1.29 is 14.7 Å². The third-order valence-electron chi connectivity index (χ3n) is 4.63. The Kier molecular flexibility index (Phi) is 3.95. The Morgan fingerprint density at radius 2 is 1.90 bits per heavy atom. The van der Waals surface area contributed by atoms with Gasteiger partial charge >= 0.3 is 5.97 Å². The van der Waals surface area contributed by atoms with E-state index in [2.05, 4.69) is 17.4 Å². The molecule has 2 atom stereocenters. The summed E-state index contributed by atoms with van der Waals surface area (Å²) in [7, 11) is 0. The van der Waals surface area contributed by atoms with E-state index in [-0.39, 0.29) is 24.3 Å². The van der Waals surface area contributed by atoms with Crippen molar-refractivity contribution in [2.75, 3.05) is 0 Å². The van der Waals surface area contributed by atoms with Gasteiger partial charge < -0.3 is 10.4 Å². The molecule has 0 aliphatic heterocycles. The highest BCUT2D eigenvalue weighted by Gasteiger charge is 2.35. The molecule has 21 heavy (non-hydrogen) atoms. The van der Waals surface area contributed by atoms with Gasteiger partial charge in [0.25, 0.3) is 0 Å². The van der Waals surface area contributed by atoms with Crippen LogP contribution in [0.25, 0.3) is 0 Å². The molecule has 1 aromatic rings. The van der Waals surface area contributed by atoms with Crippen molar-refractivity contribution in [3.05, 3.63) is 35.4 Å². The van der Waals surface area contributed by atoms with Crippen LogP contribution in [0.15, 0.2) is 24.3 Å². The molecule has 2 aliphatic carbocycles. The third-order valence-corrected chi connectivity index (χ3v) is 4.63. The van der Waals surface area contributed by atoms with Crippen molar-refractivity contribution in [2.24, 2.45) is 11.8 Å². The van der Waals surface area contributed by atoms with E-state index in [9.17, 15) is 9.59 Å². The number of benzene rings is 1. The molecule has 0 heterocycles. The predicted octanol–water partition coefficient (Wildman–Crippen LogP) is 2.16. The minimum atomic E-state index is -0.832. The number of carbonyl (C=O) groups is 2. The summed E-state index contributed by atoms with van der Waals surface area (Å²) in [5.41, 5.74) is 2.59. The predicted molar refractivity (Wildman–Crippen MR) is 78.9 cm³/mol. The molecule has 0 aromatic heterocycles. The smallest absolute Gasteiger partial charge is 0.305 e. The number of carboxylic acids is 1. The molecule has 0 saturated heterocycles. The van der Waals surface area contributed by atoms with Gasteiger partial charge in [-0.2, -0.15) is 0 Å². The van der Waals surface area contributed by atoms with E-state index in [1.807, 2.05) is 12.1 Å². The largest absolute Gasteiger partial charge is 0.481 e. The van der Waals surface area contributed by atoms with Crippen molar-refractivity contribution in [1.82, 2.24) is 5.32 Å². The van der Waals surface area contributed by atoms with Gasteiger partial charge in [-0.05, 0) is 49.1 Å². The lowest BCUT2D eigenvalue weighted by Gasteiger charge is -2.26. The summed E-state index contributed by atoms with van der Waals surface area (Å²) in [6.07, 6.45) is 4.66. The number of rotatable bonds is 5. The highest BCUT2D eigenvalue weighted by Crippen LogP contribution is 2.34. The fourth-order valence-electron chi connectivity index (χ4n) is 3.24. The average Bonchev–Trinajstić information content (AvgIpc) is 3.30. The lowest BCUT2D eigenvalue weighted by atomic mass is 9.83. The van der Waals surface area contributed by atoms with Gasteiger partial charge in [-0.25, -0.2) is 0 Å². The molecule has 1 aromatic carbocycles. The van der Waals surface area contributed by atoms with Crippen LogP contribution >= 0.6 is 0 Å². The molecule has 2 unspecified atom stereocenters. The van der Waals surface area contributed by atoms with Gasteiger partial charge in [-0.1, -0.05) is 24.3 Å². The van der Waals surface area contributed by atoms with Crippen molar-refractivity contribution in [1.29, 1.82) is 0 Å². The van der Waals surface area contributed by atoms with Crippen molar-refractivity contribution in [3.8, 4) is 0 Å². The number of amides is 1.